The minimum absolute atomic E-state index is 0.787. The predicted octanol–water partition coefficient (Wildman–Crippen LogP) is 2.74. The summed E-state index contributed by atoms with van der Waals surface area (Å²) in [4.78, 5) is 2.65. The lowest BCUT2D eigenvalue weighted by atomic mass is 10.1. The molecule has 1 aliphatic heterocycles. The zero-order valence-corrected chi connectivity index (χ0v) is 11.6. The van der Waals surface area contributed by atoms with Crippen LogP contribution in [0.15, 0.2) is 0 Å². The van der Waals surface area contributed by atoms with Gasteiger partial charge in [-0.3, -0.25) is 0 Å². The van der Waals surface area contributed by atoms with Crippen LogP contribution in [-0.4, -0.2) is 37.1 Å². The Bertz CT molecular complexity index is 162. The van der Waals surface area contributed by atoms with Crippen LogP contribution < -0.4 is 5.32 Å². The van der Waals surface area contributed by atoms with E-state index in [1.165, 1.54) is 45.4 Å². The molecule has 1 rings (SSSR count). The van der Waals surface area contributed by atoms with Gasteiger partial charge >= 0.3 is 0 Å². The van der Waals surface area contributed by atoms with Gasteiger partial charge in [0.15, 0.2) is 0 Å². The van der Waals surface area contributed by atoms with Gasteiger partial charge in [-0.25, -0.2) is 0 Å². The minimum Gasteiger partial charge on any atom is -0.314 e. The van der Waals surface area contributed by atoms with Gasteiger partial charge in [-0.2, -0.15) is 0 Å². The lowest BCUT2D eigenvalue weighted by molar-refractivity contribution is 0.210. The summed E-state index contributed by atoms with van der Waals surface area (Å²) in [7, 11) is 0. The molecular formula is C14H30N2. The molecule has 1 saturated heterocycles. The first kappa shape index (κ1) is 14.0. The van der Waals surface area contributed by atoms with Crippen molar-refractivity contribution in [3.63, 3.8) is 0 Å². The Morgan fingerprint density at radius 2 is 1.75 bits per heavy atom. The summed E-state index contributed by atoms with van der Waals surface area (Å²) in [5, 5.41) is 3.59. The monoisotopic (exact) mass is 226 g/mol. The molecule has 1 N–H and O–H groups in total. The summed E-state index contributed by atoms with van der Waals surface area (Å²) < 4.78 is 0. The highest BCUT2D eigenvalue weighted by atomic mass is 15.1. The van der Waals surface area contributed by atoms with Gasteiger partial charge in [0.05, 0.1) is 0 Å². The molecule has 0 aliphatic carbocycles. The van der Waals surface area contributed by atoms with Crippen molar-refractivity contribution in [2.24, 2.45) is 11.8 Å². The fourth-order valence-electron chi connectivity index (χ4n) is 2.63. The summed E-state index contributed by atoms with van der Waals surface area (Å²) in [6.45, 7) is 14.3. The van der Waals surface area contributed by atoms with E-state index >= 15 is 0 Å². The topological polar surface area (TPSA) is 15.3 Å². The summed E-state index contributed by atoms with van der Waals surface area (Å²) in [5.74, 6) is 1.57. The molecular weight excluding hydrogens is 196 g/mol. The molecule has 0 aromatic rings. The SMILES string of the molecule is CC(C)CN(CCC1CCCN1)CC(C)C. The molecule has 1 fully saturated rings. The maximum atomic E-state index is 3.59. The Morgan fingerprint density at radius 3 is 2.19 bits per heavy atom. The van der Waals surface area contributed by atoms with Crippen LogP contribution in [0.5, 0.6) is 0 Å². The average molecular weight is 226 g/mol. The maximum absolute atomic E-state index is 3.59. The smallest absolute Gasteiger partial charge is 0.00797 e. The molecule has 0 aromatic carbocycles. The summed E-state index contributed by atoms with van der Waals surface area (Å²) in [5.41, 5.74) is 0. The van der Waals surface area contributed by atoms with Crippen LogP contribution in [0, 0.1) is 11.8 Å². The third-order valence-electron chi connectivity index (χ3n) is 3.20. The Balaban J connectivity index is 2.24. The van der Waals surface area contributed by atoms with E-state index in [1.54, 1.807) is 0 Å². The highest BCUT2D eigenvalue weighted by molar-refractivity contribution is 4.76. The second kappa shape index (κ2) is 7.29. The van der Waals surface area contributed by atoms with Crippen LogP contribution in [0.4, 0.5) is 0 Å². The molecule has 0 saturated carbocycles. The van der Waals surface area contributed by atoms with Gasteiger partial charge in [0.25, 0.3) is 0 Å². The quantitative estimate of drug-likeness (QED) is 0.718. The third kappa shape index (κ3) is 5.86. The summed E-state index contributed by atoms with van der Waals surface area (Å²) in [6, 6.07) is 0.793. The van der Waals surface area contributed by atoms with Crippen molar-refractivity contribution in [3.05, 3.63) is 0 Å². The Morgan fingerprint density at radius 1 is 1.12 bits per heavy atom. The van der Waals surface area contributed by atoms with Crippen molar-refractivity contribution < 1.29 is 0 Å². The Labute approximate surface area is 102 Å². The molecule has 2 heteroatoms. The van der Waals surface area contributed by atoms with Crippen LogP contribution in [0.25, 0.3) is 0 Å². The summed E-state index contributed by atoms with van der Waals surface area (Å²) >= 11 is 0. The van der Waals surface area contributed by atoms with Gasteiger partial charge in [-0.1, -0.05) is 27.7 Å². The first-order chi connectivity index (χ1) is 7.58. The minimum atomic E-state index is 0.787. The maximum Gasteiger partial charge on any atom is 0.00797 e. The van der Waals surface area contributed by atoms with Crippen LogP contribution in [0.3, 0.4) is 0 Å². The number of nitrogens with zero attached hydrogens (tertiary/aromatic N) is 1. The fourth-order valence-corrected chi connectivity index (χ4v) is 2.63. The zero-order chi connectivity index (χ0) is 12.0. The van der Waals surface area contributed by atoms with E-state index < -0.39 is 0 Å². The van der Waals surface area contributed by atoms with Crippen molar-refractivity contribution >= 4 is 0 Å². The normalized spacial score (nSPS) is 21.6. The van der Waals surface area contributed by atoms with Gasteiger partial charge in [0, 0.05) is 19.1 Å². The van der Waals surface area contributed by atoms with E-state index in [1.807, 2.05) is 0 Å². The molecule has 0 bridgehead atoms. The Hall–Kier alpha value is -0.0800. The number of nitrogens with one attached hydrogen (secondary N) is 1. The Kier molecular flexibility index (Phi) is 6.37. The molecule has 0 radical (unpaired) electrons. The summed E-state index contributed by atoms with van der Waals surface area (Å²) in [6.07, 6.45) is 4.09. The highest BCUT2D eigenvalue weighted by Gasteiger charge is 2.16. The van der Waals surface area contributed by atoms with Gasteiger partial charge in [0.1, 0.15) is 0 Å². The van der Waals surface area contributed by atoms with Gasteiger partial charge < -0.3 is 10.2 Å². The van der Waals surface area contributed by atoms with E-state index in [0.29, 0.717) is 0 Å². The third-order valence-corrected chi connectivity index (χ3v) is 3.20. The van der Waals surface area contributed by atoms with Gasteiger partial charge in [-0.05, 0) is 44.2 Å². The molecule has 16 heavy (non-hydrogen) atoms. The average Bonchev–Trinajstić information content (AvgIpc) is 2.64. The van der Waals surface area contributed by atoms with Crippen molar-refractivity contribution in [2.45, 2.75) is 53.0 Å². The number of rotatable bonds is 7. The molecule has 0 spiro atoms. The second-order valence-electron chi connectivity index (χ2n) is 6.13. The van der Waals surface area contributed by atoms with Gasteiger partial charge in [-0.15, -0.1) is 0 Å². The van der Waals surface area contributed by atoms with Gasteiger partial charge in [0.2, 0.25) is 0 Å². The first-order valence-electron chi connectivity index (χ1n) is 7.03. The van der Waals surface area contributed by atoms with Crippen molar-refractivity contribution in [2.75, 3.05) is 26.2 Å². The van der Waals surface area contributed by atoms with E-state index in [-0.39, 0.29) is 0 Å². The molecule has 2 nitrogen and oxygen atoms in total. The lowest BCUT2D eigenvalue weighted by Gasteiger charge is -2.27. The van der Waals surface area contributed by atoms with Crippen LogP contribution in [0.2, 0.25) is 0 Å². The molecule has 1 aliphatic rings. The molecule has 1 heterocycles. The van der Waals surface area contributed by atoms with Crippen LogP contribution in [0.1, 0.15) is 47.0 Å². The number of hydrogen-bond acceptors (Lipinski definition) is 2. The lowest BCUT2D eigenvalue weighted by Crippen LogP contribution is -2.35. The van der Waals surface area contributed by atoms with Crippen LogP contribution >= 0.6 is 0 Å². The predicted molar refractivity (Wildman–Crippen MR) is 71.8 cm³/mol. The van der Waals surface area contributed by atoms with Crippen LogP contribution in [-0.2, 0) is 0 Å². The molecule has 96 valence electrons. The second-order valence-corrected chi connectivity index (χ2v) is 6.13. The molecule has 0 amide bonds. The number of hydrogen-bond donors (Lipinski definition) is 1. The molecule has 0 aromatic heterocycles. The largest absolute Gasteiger partial charge is 0.314 e. The fraction of sp³-hybridized carbons (Fsp3) is 1.00. The van der Waals surface area contributed by atoms with E-state index in [4.69, 9.17) is 0 Å². The van der Waals surface area contributed by atoms with Crippen molar-refractivity contribution in [1.29, 1.82) is 0 Å². The molecule has 1 unspecified atom stereocenters. The zero-order valence-electron chi connectivity index (χ0n) is 11.6. The van der Waals surface area contributed by atoms with Crippen molar-refractivity contribution in [1.82, 2.24) is 10.2 Å². The van der Waals surface area contributed by atoms with E-state index in [9.17, 15) is 0 Å². The highest BCUT2D eigenvalue weighted by Crippen LogP contribution is 2.11. The van der Waals surface area contributed by atoms with E-state index in [0.717, 1.165) is 17.9 Å². The van der Waals surface area contributed by atoms with Crippen molar-refractivity contribution in [3.8, 4) is 0 Å². The standard InChI is InChI=1S/C14H30N2/c1-12(2)10-16(11-13(3)4)9-7-14-6-5-8-15-14/h12-15H,5-11H2,1-4H3. The van der Waals surface area contributed by atoms with E-state index in [2.05, 4.69) is 37.9 Å². The first-order valence-corrected chi connectivity index (χ1v) is 7.03. The molecule has 1 atom stereocenters.